The highest BCUT2D eigenvalue weighted by Gasteiger charge is 2.38. The molecular formula is C30H29ClF3N7O2. The van der Waals surface area contributed by atoms with E-state index in [2.05, 4.69) is 25.5 Å². The van der Waals surface area contributed by atoms with E-state index >= 15 is 0 Å². The molecule has 0 saturated carbocycles. The van der Waals surface area contributed by atoms with Crippen LogP contribution in [0.2, 0.25) is 5.02 Å². The van der Waals surface area contributed by atoms with Crippen molar-refractivity contribution in [2.24, 2.45) is 0 Å². The Kier molecular flexibility index (Phi) is 9.27. The average Bonchev–Trinajstić information content (AvgIpc) is 3.42. The largest absolute Gasteiger partial charge is 0.471 e. The number of aromatic amines is 1. The number of hydrogen-bond acceptors (Lipinski definition) is 6. The minimum Gasteiger partial charge on any atom is -0.360 e. The molecule has 2 aromatic heterocycles. The lowest BCUT2D eigenvalue weighted by atomic mass is 10.0. The summed E-state index contributed by atoms with van der Waals surface area (Å²) >= 11 is 6.47. The van der Waals surface area contributed by atoms with Gasteiger partial charge in [0.1, 0.15) is 0 Å². The van der Waals surface area contributed by atoms with E-state index in [4.69, 9.17) is 16.6 Å². The molecule has 1 aliphatic heterocycles. The molecule has 0 atom stereocenters. The van der Waals surface area contributed by atoms with Gasteiger partial charge in [-0.1, -0.05) is 48.0 Å². The summed E-state index contributed by atoms with van der Waals surface area (Å²) in [5, 5.41) is 9.30. The number of anilines is 2. The van der Waals surface area contributed by atoms with Crippen molar-refractivity contribution in [3.8, 4) is 11.3 Å². The third-order valence-electron chi connectivity index (χ3n) is 7.04. The fourth-order valence-electron chi connectivity index (χ4n) is 4.86. The van der Waals surface area contributed by atoms with Crippen molar-refractivity contribution in [3.05, 3.63) is 83.7 Å². The van der Waals surface area contributed by atoms with Crippen molar-refractivity contribution >= 4 is 46.0 Å². The van der Waals surface area contributed by atoms with E-state index < -0.39 is 24.5 Å². The van der Waals surface area contributed by atoms with Gasteiger partial charge in [-0.05, 0) is 36.6 Å². The second-order valence-electron chi connectivity index (χ2n) is 10.1. The molecule has 0 radical (unpaired) electrons. The number of rotatable bonds is 9. The van der Waals surface area contributed by atoms with Gasteiger partial charge in [-0.15, -0.1) is 0 Å². The molecule has 13 heteroatoms. The molecule has 0 bridgehead atoms. The number of aromatic nitrogens is 3. The first-order valence-electron chi connectivity index (χ1n) is 13.6. The highest BCUT2D eigenvalue weighted by molar-refractivity contribution is 6.33. The van der Waals surface area contributed by atoms with Gasteiger partial charge >= 0.3 is 12.1 Å². The molecule has 2 aromatic carbocycles. The number of piperidine rings is 1. The van der Waals surface area contributed by atoms with Crippen molar-refractivity contribution in [1.29, 1.82) is 0 Å². The van der Waals surface area contributed by atoms with Crippen LogP contribution in [0.3, 0.4) is 0 Å². The Labute approximate surface area is 250 Å². The second kappa shape index (κ2) is 13.3. The predicted octanol–water partition coefficient (Wildman–Crippen LogP) is 5.53. The Morgan fingerprint density at radius 3 is 2.58 bits per heavy atom. The molecule has 9 nitrogen and oxygen atoms in total. The quantitative estimate of drug-likeness (QED) is 0.185. The molecule has 1 aliphatic rings. The van der Waals surface area contributed by atoms with E-state index in [1.165, 1.54) is 0 Å². The van der Waals surface area contributed by atoms with Gasteiger partial charge in [0.25, 0.3) is 0 Å². The molecule has 1 saturated heterocycles. The lowest BCUT2D eigenvalue weighted by molar-refractivity contribution is -0.173. The number of benzene rings is 2. The highest BCUT2D eigenvalue weighted by atomic mass is 35.5. The zero-order chi connectivity index (χ0) is 30.4. The molecule has 43 heavy (non-hydrogen) atoms. The first-order valence-corrected chi connectivity index (χ1v) is 14.0. The molecule has 1 fully saturated rings. The number of nitrogens with zero attached hydrogens (tertiary/aromatic N) is 3. The summed E-state index contributed by atoms with van der Waals surface area (Å²) in [5.74, 6) is -2.02. The predicted molar refractivity (Wildman–Crippen MR) is 160 cm³/mol. The number of para-hydroxylation sites is 1. The Bertz CT molecular complexity index is 1610. The summed E-state index contributed by atoms with van der Waals surface area (Å²) in [6.45, 7) is 2.11. The van der Waals surface area contributed by atoms with Crippen molar-refractivity contribution < 1.29 is 22.8 Å². The van der Waals surface area contributed by atoms with Crippen molar-refractivity contribution in [2.75, 3.05) is 30.3 Å². The zero-order valence-electron chi connectivity index (χ0n) is 22.9. The van der Waals surface area contributed by atoms with Gasteiger partial charge in [0.05, 0.1) is 16.9 Å². The Balaban J connectivity index is 1.08. The Hall–Kier alpha value is -4.42. The first-order chi connectivity index (χ1) is 20.7. The van der Waals surface area contributed by atoms with Crippen LogP contribution in [0.25, 0.3) is 22.2 Å². The van der Waals surface area contributed by atoms with Crippen LogP contribution in [0.1, 0.15) is 18.4 Å². The third kappa shape index (κ3) is 7.90. The number of halogens is 4. The lowest BCUT2D eigenvalue weighted by Gasteiger charge is -2.32. The van der Waals surface area contributed by atoms with Crippen LogP contribution >= 0.6 is 11.6 Å². The third-order valence-corrected chi connectivity index (χ3v) is 7.32. The maximum Gasteiger partial charge on any atom is 0.471 e. The number of H-pyrrole nitrogens is 1. The summed E-state index contributed by atoms with van der Waals surface area (Å²) in [4.78, 5) is 37.5. The van der Waals surface area contributed by atoms with Crippen LogP contribution in [-0.2, 0) is 16.1 Å². The van der Waals surface area contributed by atoms with Gasteiger partial charge in [-0.3, -0.25) is 14.5 Å². The van der Waals surface area contributed by atoms with Gasteiger partial charge in [0, 0.05) is 66.6 Å². The topological polar surface area (TPSA) is 115 Å². The number of carbonyl (C=O) groups is 2. The molecular weight excluding hydrogens is 583 g/mol. The second-order valence-corrected chi connectivity index (χ2v) is 10.5. The molecule has 2 amide bonds. The van der Waals surface area contributed by atoms with Crippen LogP contribution < -0.4 is 16.0 Å². The van der Waals surface area contributed by atoms with Crippen LogP contribution in [0.5, 0.6) is 0 Å². The SMILES string of the molecule is O=C(C=CCNC(=O)C(F)(F)F)Nc1ccc(CN2CCC(Nc3ncc(Cl)c(-c4c[nH]c5ccccc45)n3)CC2)cc1. The van der Waals surface area contributed by atoms with E-state index in [0.717, 1.165) is 66.7 Å². The minimum absolute atomic E-state index is 0.223. The van der Waals surface area contributed by atoms with Crippen molar-refractivity contribution in [3.63, 3.8) is 0 Å². The van der Waals surface area contributed by atoms with E-state index in [9.17, 15) is 22.8 Å². The van der Waals surface area contributed by atoms with E-state index in [0.29, 0.717) is 22.4 Å². The molecule has 0 aliphatic carbocycles. The number of carbonyl (C=O) groups excluding carboxylic acids is 2. The lowest BCUT2D eigenvalue weighted by Crippen LogP contribution is -2.39. The molecule has 4 N–H and O–H groups in total. The van der Waals surface area contributed by atoms with Crippen molar-refractivity contribution in [2.45, 2.75) is 31.6 Å². The van der Waals surface area contributed by atoms with Gasteiger partial charge in [-0.25, -0.2) is 9.97 Å². The van der Waals surface area contributed by atoms with Gasteiger partial charge in [0.2, 0.25) is 11.9 Å². The van der Waals surface area contributed by atoms with Crippen LogP contribution in [0.4, 0.5) is 24.8 Å². The normalized spacial score (nSPS) is 14.7. The number of alkyl halides is 3. The standard InChI is InChI=1S/C30H29ClF3N7O2/c31-24-17-37-29(40-27(24)23-16-36-25-5-2-1-4-22(23)25)39-21-11-14-41(15-12-21)18-19-7-9-20(10-8-19)38-26(42)6-3-13-35-28(43)30(32,33)34/h1-10,16-17,21,36H,11-15,18H2,(H,35,43)(H,38,42)(H,37,39,40). The highest BCUT2D eigenvalue weighted by Crippen LogP contribution is 2.32. The number of nitrogens with one attached hydrogen (secondary N) is 4. The molecule has 3 heterocycles. The Morgan fingerprint density at radius 1 is 1.09 bits per heavy atom. The monoisotopic (exact) mass is 611 g/mol. The van der Waals surface area contributed by atoms with E-state index in [-0.39, 0.29) is 6.04 Å². The smallest absolute Gasteiger partial charge is 0.360 e. The average molecular weight is 612 g/mol. The summed E-state index contributed by atoms with van der Waals surface area (Å²) in [6.07, 6.45) is 2.63. The number of likely N-dealkylation sites (tertiary alicyclic amines) is 1. The van der Waals surface area contributed by atoms with Crippen LogP contribution in [-0.4, -0.2) is 63.5 Å². The van der Waals surface area contributed by atoms with Crippen LogP contribution in [0, 0.1) is 0 Å². The molecule has 0 unspecified atom stereocenters. The van der Waals surface area contributed by atoms with Gasteiger partial charge in [0.15, 0.2) is 0 Å². The molecule has 4 aromatic rings. The van der Waals surface area contributed by atoms with E-state index in [1.54, 1.807) is 23.6 Å². The maximum absolute atomic E-state index is 12.2. The minimum atomic E-state index is -4.96. The number of amides is 2. The zero-order valence-corrected chi connectivity index (χ0v) is 23.7. The first kappa shape index (κ1) is 30.1. The Morgan fingerprint density at radius 2 is 1.84 bits per heavy atom. The molecule has 0 spiro atoms. The summed E-state index contributed by atoms with van der Waals surface area (Å²) < 4.78 is 36.5. The summed E-state index contributed by atoms with van der Waals surface area (Å²) in [6, 6.07) is 15.6. The fourth-order valence-corrected chi connectivity index (χ4v) is 5.06. The number of hydrogen-bond donors (Lipinski definition) is 4. The summed E-state index contributed by atoms with van der Waals surface area (Å²) in [5.41, 5.74) is 4.26. The molecule has 5 rings (SSSR count). The van der Waals surface area contributed by atoms with Gasteiger partial charge in [-0.2, -0.15) is 13.2 Å². The molecule has 224 valence electrons. The van der Waals surface area contributed by atoms with Gasteiger partial charge < -0.3 is 20.9 Å². The van der Waals surface area contributed by atoms with Crippen LogP contribution in [0.15, 0.2) is 73.1 Å². The maximum atomic E-state index is 12.2. The van der Waals surface area contributed by atoms with E-state index in [1.807, 2.05) is 42.6 Å². The van der Waals surface area contributed by atoms with Crippen molar-refractivity contribution in [1.82, 2.24) is 25.2 Å². The number of fused-ring (bicyclic) bond motifs is 1. The fraction of sp³-hybridized carbons (Fsp3) is 0.267. The summed E-state index contributed by atoms with van der Waals surface area (Å²) in [7, 11) is 0.